The lowest BCUT2D eigenvalue weighted by molar-refractivity contribution is -0.123. The van der Waals surface area contributed by atoms with E-state index < -0.39 is 15.9 Å². The van der Waals surface area contributed by atoms with Crippen molar-refractivity contribution in [2.24, 2.45) is 5.41 Å². The van der Waals surface area contributed by atoms with E-state index in [2.05, 4.69) is 20.6 Å². The molecule has 0 unspecified atom stereocenters. The molecular weight excluding hydrogens is 318 g/mol. The molecule has 2 aromatic rings. The molecule has 0 spiro atoms. The average molecular weight is 337 g/mol. The highest BCUT2D eigenvalue weighted by atomic mass is 32.2. The molecule has 1 aromatic carbocycles. The van der Waals surface area contributed by atoms with Gasteiger partial charge in [0.2, 0.25) is 5.91 Å². The van der Waals surface area contributed by atoms with Crippen LogP contribution in [0.15, 0.2) is 41.6 Å². The number of hydrogen-bond acceptors (Lipinski definition) is 5. The first-order valence-corrected chi connectivity index (χ1v) is 8.44. The Kier molecular flexibility index (Phi) is 4.81. The summed E-state index contributed by atoms with van der Waals surface area (Å²) < 4.78 is 25.8. The summed E-state index contributed by atoms with van der Waals surface area (Å²) in [5.41, 5.74) is 2.50. The lowest BCUT2D eigenvalue weighted by atomic mass is 9.92. The fourth-order valence-corrected chi connectivity index (χ4v) is 2.77. The molecule has 0 fully saturated rings. The van der Waals surface area contributed by atoms with Gasteiger partial charge in [0.15, 0.2) is 5.03 Å². The molecule has 0 saturated heterocycles. The molecule has 0 bridgehead atoms. The Hall–Kier alpha value is -2.26. The summed E-state index contributed by atoms with van der Waals surface area (Å²) in [6, 6.07) is 8.72. The Morgan fingerprint density at radius 2 is 1.87 bits per heavy atom. The molecule has 2 N–H and O–H groups in total. The zero-order valence-electron chi connectivity index (χ0n) is 13.1. The molecule has 0 saturated carbocycles. The maximum atomic E-state index is 12.3. The molecule has 124 valence electrons. The number of aromatic nitrogens is 3. The van der Waals surface area contributed by atoms with Gasteiger partial charge in [0, 0.05) is 6.42 Å². The van der Waals surface area contributed by atoms with Crippen LogP contribution >= 0.6 is 0 Å². The van der Waals surface area contributed by atoms with Crippen LogP contribution in [0.5, 0.6) is 0 Å². The number of hydrogen-bond donors (Lipinski definition) is 2. The van der Waals surface area contributed by atoms with Crippen molar-refractivity contribution < 1.29 is 13.2 Å². The Labute approximate surface area is 134 Å². The van der Waals surface area contributed by atoms with Gasteiger partial charge in [-0.25, -0.2) is 13.1 Å². The smallest absolute Gasteiger partial charge is 0.276 e. The van der Waals surface area contributed by atoms with Gasteiger partial charge in [0.1, 0.15) is 0 Å². The number of para-hydroxylation sites is 1. The number of rotatable bonds is 5. The van der Waals surface area contributed by atoms with Crippen LogP contribution in [0.4, 0.5) is 0 Å². The molecule has 0 aliphatic heterocycles. The Morgan fingerprint density at radius 3 is 2.48 bits per heavy atom. The summed E-state index contributed by atoms with van der Waals surface area (Å²) in [5, 5.41) is 7.24. The summed E-state index contributed by atoms with van der Waals surface area (Å²) >= 11 is 0. The number of hydrazine groups is 1. The van der Waals surface area contributed by atoms with Gasteiger partial charge in [-0.1, -0.05) is 44.2 Å². The molecule has 0 aliphatic carbocycles. The van der Waals surface area contributed by atoms with Crippen molar-refractivity contribution in [3.05, 3.63) is 36.5 Å². The summed E-state index contributed by atoms with van der Waals surface area (Å²) in [4.78, 5) is 13.8. The standard InChI is InChI=1S/C14H19N5O3S/c1-14(2,3)9-12(20)16-18-23(21,22)13-10-15-17-19(13)11-7-5-4-6-8-11/h4-8,10,18H,9H2,1-3H3,(H,16,20). The molecule has 1 heterocycles. The van der Waals surface area contributed by atoms with Crippen molar-refractivity contribution in [3.8, 4) is 5.69 Å². The second-order valence-corrected chi connectivity index (χ2v) is 7.84. The fourth-order valence-electron chi connectivity index (χ4n) is 1.86. The quantitative estimate of drug-likeness (QED) is 0.792. The predicted octanol–water partition coefficient (Wildman–Crippen LogP) is 1.01. The van der Waals surface area contributed by atoms with E-state index in [1.165, 1.54) is 4.68 Å². The van der Waals surface area contributed by atoms with Crippen LogP contribution in [0.2, 0.25) is 0 Å². The van der Waals surface area contributed by atoms with Crippen LogP contribution in [0.3, 0.4) is 0 Å². The van der Waals surface area contributed by atoms with Gasteiger partial charge in [-0.2, -0.15) is 0 Å². The fraction of sp³-hybridized carbons (Fsp3) is 0.357. The minimum absolute atomic E-state index is 0.167. The Morgan fingerprint density at radius 1 is 1.22 bits per heavy atom. The van der Waals surface area contributed by atoms with Crippen molar-refractivity contribution in [3.63, 3.8) is 0 Å². The molecular formula is C14H19N5O3S. The Balaban J connectivity index is 2.16. The molecule has 8 nitrogen and oxygen atoms in total. The number of carbonyl (C=O) groups excluding carboxylic acids is 1. The van der Waals surface area contributed by atoms with E-state index in [9.17, 15) is 13.2 Å². The number of nitrogens with zero attached hydrogens (tertiary/aromatic N) is 3. The summed E-state index contributed by atoms with van der Waals surface area (Å²) in [6.45, 7) is 5.65. The van der Waals surface area contributed by atoms with Crippen molar-refractivity contribution in [1.82, 2.24) is 25.3 Å². The number of sulfonamides is 1. The molecule has 0 radical (unpaired) electrons. The third kappa shape index (κ3) is 4.60. The third-order valence-electron chi connectivity index (χ3n) is 2.81. The maximum absolute atomic E-state index is 12.3. The summed E-state index contributed by atoms with van der Waals surface area (Å²) in [7, 11) is -3.99. The lowest BCUT2D eigenvalue weighted by Gasteiger charge is -2.17. The largest absolute Gasteiger partial charge is 0.278 e. The molecule has 9 heteroatoms. The van der Waals surface area contributed by atoms with Crippen LogP contribution in [-0.2, 0) is 14.8 Å². The van der Waals surface area contributed by atoms with Crippen LogP contribution in [0, 0.1) is 5.41 Å². The first-order valence-electron chi connectivity index (χ1n) is 6.96. The maximum Gasteiger partial charge on any atom is 0.276 e. The Bertz CT molecular complexity index is 778. The van der Waals surface area contributed by atoms with Gasteiger partial charge in [0.05, 0.1) is 11.9 Å². The van der Waals surface area contributed by atoms with E-state index in [4.69, 9.17) is 0 Å². The highest BCUT2D eigenvalue weighted by Gasteiger charge is 2.23. The molecule has 1 aromatic heterocycles. The average Bonchev–Trinajstić information content (AvgIpc) is 2.95. The molecule has 0 aliphatic rings. The van der Waals surface area contributed by atoms with Crippen molar-refractivity contribution in [2.75, 3.05) is 0 Å². The minimum Gasteiger partial charge on any atom is -0.278 e. The van der Waals surface area contributed by atoms with Crippen molar-refractivity contribution in [2.45, 2.75) is 32.2 Å². The van der Waals surface area contributed by atoms with E-state index in [1.54, 1.807) is 30.3 Å². The number of amides is 1. The van der Waals surface area contributed by atoms with Crippen molar-refractivity contribution in [1.29, 1.82) is 0 Å². The SMILES string of the molecule is CC(C)(C)CC(=O)NNS(=O)(=O)c1cnnn1-c1ccccc1. The number of benzene rings is 1. The van der Waals surface area contributed by atoms with Crippen LogP contribution in [-0.4, -0.2) is 29.3 Å². The van der Waals surface area contributed by atoms with Gasteiger partial charge in [-0.05, 0) is 17.5 Å². The molecule has 0 atom stereocenters. The van der Waals surface area contributed by atoms with Crippen LogP contribution in [0.1, 0.15) is 27.2 Å². The number of carbonyl (C=O) groups is 1. The predicted molar refractivity (Wildman–Crippen MR) is 83.9 cm³/mol. The summed E-state index contributed by atoms with van der Waals surface area (Å²) in [6.07, 6.45) is 1.30. The highest BCUT2D eigenvalue weighted by Crippen LogP contribution is 2.18. The van der Waals surface area contributed by atoms with Crippen LogP contribution in [0.25, 0.3) is 5.69 Å². The van der Waals surface area contributed by atoms with E-state index in [0.29, 0.717) is 5.69 Å². The zero-order valence-corrected chi connectivity index (χ0v) is 14.0. The van der Waals surface area contributed by atoms with Gasteiger partial charge < -0.3 is 0 Å². The zero-order chi connectivity index (χ0) is 17.1. The van der Waals surface area contributed by atoms with Gasteiger partial charge in [0.25, 0.3) is 10.0 Å². The molecule has 2 rings (SSSR count). The second-order valence-electron chi connectivity index (χ2n) is 6.21. The topological polar surface area (TPSA) is 106 Å². The molecule has 1 amide bonds. The first-order chi connectivity index (χ1) is 10.7. The first kappa shape index (κ1) is 17.1. The van der Waals surface area contributed by atoms with E-state index >= 15 is 0 Å². The van der Waals surface area contributed by atoms with E-state index in [1.807, 2.05) is 20.8 Å². The minimum atomic E-state index is -3.99. The third-order valence-corrected chi connectivity index (χ3v) is 4.01. The van der Waals surface area contributed by atoms with Crippen molar-refractivity contribution >= 4 is 15.9 Å². The monoisotopic (exact) mass is 337 g/mol. The number of nitrogens with one attached hydrogen (secondary N) is 2. The highest BCUT2D eigenvalue weighted by molar-refractivity contribution is 7.89. The summed E-state index contributed by atoms with van der Waals surface area (Å²) in [5.74, 6) is -0.417. The van der Waals surface area contributed by atoms with E-state index in [-0.39, 0.29) is 16.9 Å². The van der Waals surface area contributed by atoms with Gasteiger partial charge in [-0.15, -0.1) is 9.93 Å². The lowest BCUT2D eigenvalue weighted by Crippen LogP contribution is -2.43. The normalized spacial score (nSPS) is 12.1. The van der Waals surface area contributed by atoms with E-state index in [0.717, 1.165) is 6.20 Å². The molecule has 23 heavy (non-hydrogen) atoms. The van der Waals surface area contributed by atoms with Gasteiger partial charge in [-0.3, -0.25) is 10.2 Å². The van der Waals surface area contributed by atoms with Gasteiger partial charge >= 0.3 is 0 Å². The second kappa shape index (κ2) is 6.47. The van der Waals surface area contributed by atoms with Crippen LogP contribution < -0.4 is 10.3 Å².